The van der Waals surface area contributed by atoms with Crippen LogP contribution in [-0.2, 0) is 4.79 Å². The van der Waals surface area contributed by atoms with Gasteiger partial charge < -0.3 is 19.5 Å². The number of H-pyrrole nitrogens is 1. The zero-order valence-electron chi connectivity index (χ0n) is 17.6. The number of benzene rings is 3. The topological polar surface area (TPSA) is 106 Å². The molecular formula is C24H19N5O3S. The fourth-order valence-corrected chi connectivity index (χ4v) is 3.81. The second kappa shape index (κ2) is 9.17. The number of thioether (sulfide) groups is 1. The van der Waals surface area contributed by atoms with Crippen molar-refractivity contribution in [3.63, 3.8) is 0 Å². The number of amides is 1. The molecule has 33 heavy (non-hydrogen) atoms. The van der Waals surface area contributed by atoms with Gasteiger partial charge in [0.15, 0.2) is 0 Å². The normalized spacial score (nSPS) is 10.9. The molecule has 3 aromatic carbocycles. The van der Waals surface area contributed by atoms with E-state index in [0.29, 0.717) is 16.8 Å². The van der Waals surface area contributed by atoms with Gasteiger partial charge in [-0.2, -0.15) is 0 Å². The van der Waals surface area contributed by atoms with Crippen molar-refractivity contribution in [2.45, 2.75) is 5.22 Å². The number of aromatic amines is 1. The molecule has 0 unspecified atom stereocenters. The van der Waals surface area contributed by atoms with Crippen LogP contribution in [0.2, 0.25) is 0 Å². The Hall–Kier alpha value is -4.11. The fraction of sp³-hybridized carbons (Fsp3) is 0.0833. The predicted octanol–water partition coefficient (Wildman–Crippen LogP) is 5.02. The van der Waals surface area contributed by atoms with Crippen molar-refractivity contribution in [1.29, 1.82) is 0 Å². The van der Waals surface area contributed by atoms with E-state index in [4.69, 9.17) is 9.15 Å². The third kappa shape index (κ3) is 4.73. The number of ether oxygens (including phenoxy) is 1. The summed E-state index contributed by atoms with van der Waals surface area (Å²) in [6.45, 7) is 0. The van der Waals surface area contributed by atoms with Crippen molar-refractivity contribution < 1.29 is 13.9 Å². The van der Waals surface area contributed by atoms with Gasteiger partial charge in [-0.25, -0.2) is 4.98 Å². The van der Waals surface area contributed by atoms with Crippen LogP contribution >= 0.6 is 11.8 Å². The monoisotopic (exact) mass is 457 g/mol. The van der Waals surface area contributed by atoms with Gasteiger partial charge in [-0.05, 0) is 60.7 Å². The molecule has 2 heterocycles. The number of nitrogens with zero attached hydrogens (tertiary/aromatic N) is 3. The Kier molecular flexibility index (Phi) is 5.77. The number of aromatic nitrogens is 4. The Balaban J connectivity index is 1.17. The Labute approximate surface area is 193 Å². The van der Waals surface area contributed by atoms with E-state index < -0.39 is 0 Å². The Morgan fingerprint density at radius 2 is 1.76 bits per heavy atom. The second-order valence-electron chi connectivity index (χ2n) is 7.12. The van der Waals surface area contributed by atoms with E-state index in [0.717, 1.165) is 33.7 Å². The molecule has 5 rings (SSSR count). The molecule has 1 amide bonds. The molecule has 0 radical (unpaired) electrons. The summed E-state index contributed by atoms with van der Waals surface area (Å²) in [4.78, 5) is 20.2. The molecule has 8 nitrogen and oxygen atoms in total. The van der Waals surface area contributed by atoms with Gasteiger partial charge in [0.1, 0.15) is 11.6 Å². The highest BCUT2D eigenvalue weighted by Crippen LogP contribution is 2.25. The summed E-state index contributed by atoms with van der Waals surface area (Å²) in [5.41, 5.74) is 4.32. The van der Waals surface area contributed by atoms with E-state index in [2.05, 4.69) is 25.5 Å². The third-order valence-corrected chi connectivity index (χ3v) is 5.72. The van der Waals surface area contributed by atoms with Crippen LogP contribution in [0.4, 0.5) is 5.69 Å². The number of methoxy groups -OCH3 is 1. The van der Waals surface area contributed by atoms with E-state index in [9.17, 15) is 4.79 Å². The van der Waals surface area contributed by atoms with E-state index in [1.54, 1.807) is 7.11 Å². The highest BCUT2D eigenvalue weighted by Gasteiger charge is 2.12. The van der Waals surface area contributed by atoms with Crippen molar-refractivity contribution in [2.75, 3.05) is 18.2 Å². The van der Waals surface area contributed by atoms with Crippen molar-refractivity contribution >= 4 is 34.4 Å². The van der Waals surface area contributed by atoms with Crippen molar-refractivity contribution in [3.8, 4) is 28.6 Å². The molecule has 0 aliphatic carbocycles. The first-order chi connectivity index (χ1) is 16.2. The van der Waals surface area contributed by atoms with Crippen LogP contribution in [0, 0.1) is 0 Å². The number of imidazole rings is 1. The van der Waals surface area contributed by atoms with E-state index in [1.807, 2.05) is 72.8 Å². The molecule has 9 heteroatoms. The highest BCUT2D eigenvalue weighted by atomic mass is 32.2. The number of rotatable bonds is 7. The Morgan fingerprint density at radius 1 is 1.00 bits per heavy atom. The molecule has 0 saturated heterocycles. The number of hydrogen-bond donors (Lipinski definition) is 2. The van der Waals surface area contributed by atoms with Gasteiger partial charge in [-0.15, -0.1) is 10.2 Å². The minimum Gasteiger partial charge on any atom is -0.497 e. The summed E-state index contributed by atoms with van der Waals surface area (Å²) in [5.74, 6) is 1.90. The molecule has 0 fully saturated rings. The zero-order chi connectivity index (χ0) is 22.6. The highest BCUT2D eigenvalue weighted by molar-refractivity contribution is 7.99. The zero-order valence-corrected chi connectivity index (χ0v) is 18.4. The van der Waals surface area contributed by atoms with Crippen LogP contribution in [0.3, 0.4) is 0 Å². The first-order valence-electron chi connectivity index (χ1n) is 10.1. The van der Waals surface area contributed by atoms with Gasteiger partial charge in [-0.3, -0.25) is 4.79 Å². The molecule has 0 aliphatic heterocycles. The minimum absolute atomic E-state index is 0.148. The lowest BCUT2D eigenvalue weighted by atomic mass is 10.2. The molecule has 164 valence electrons. The second-order valence-corrected chi connectivity index (χ2v) is 8.04. The molecule has 5 aromatic rings. The summed E-state index contributed by atoms with van der Waals surface area (Å²) < 4.78 is 10.8. The van der Waals surface area contributed by atoms with Gasteiger partial charge in [0.25, 0.3) is 5.22 Å². The van der Waals surface area contributed by atoms with Crippen LogP contribution in [-0.4, -0.2) is 38.9 Å². The molecule has 0 atom stereocenters. The van der Waals surface area contributed by atoms with E-state index in [1.165, 1.54) is 11.8 Å². The van der Waals surface area contributed by atoms with Crippen molar-refractivity contribution in [2.24, 2.45) is 0 Å². The van der Waals surface area contributed by atoms with E-state index in [-0.39, 0.29) is 11.7 Å². The Morgan fingerprint density at radius 3 is 2.52 bits per heavy atom. The Bertz CT molecular complexity index is 1360. The van der Waals surface area contributed by atoms with Crippen LogP contribution in [0.1, 0.15) is 0 Å². The van der Waals surface area contributed by atoms with Gasteiger partial charge in [0.2, 0.25) is 11.8 Å². The smallest absolute Gasteiger partial charge is 0.277 e. The number of nitrogens with one attached hydrogen (secondary N) is 2. The SMILES string of the molecule is COc1ccc(-c2nnc(SCC(=O)Nc3ccc(-c4nc5ccccc5[nH]4)cc3)o2)cc1. The molecule has 2 aromatic heterocycles. The van der Waals surface area contributed by atoms with Gasteiger partial charge in [-0.1, -0.05) is 23.9 Å². The summed E-state index contributed by atoms with van der Waals surface area (Å²) in [6, 6.07) is 22.7. The summed E-state index contributed by atoms with van der Waals surface area (Å²) in [5, 5.41) is 11.2. The molecule has 0 spiro atoms. The third-order valence-electron chi connectivity index (χ3n) is 4.90. The molecule has 0 bridgehead atoms. The standard InChI is InChI=1S/C24H19N5O3S/c1-31-18-12-8-16(9-13-18)23-28-29-24(32-23)33-14-21(30)25-17-10-6-15(7-11-17)22-26-19-4-2-3-5-20(19)27-22/h2-13H,14H2,1H3,(H,25,30)(H,26,27). The summed E-state index contributed by atoms with van der Waals surface area (Å²) in [6.07, 6.45) is 0. The fourth-order valence-electron chi connectivity index (χ4n) is 3.24. The minimum atomic E-state index is -0.166. The first kappa shape index (κ1) is 20.8. The van der Waals surface area contributed by atoms with E-state index >= 15 is 0 Å². The maximum atomic E-state index is 12.4. The number of carbonyl (C=O) groups excluding carboxylic acids is 1. The molecule has 0 saturated carbocycles. The largest absolute Gasteiger partial charge is 0.497 e. The summed E-state index contributed by atoms with van der Waals surface area (Å²) in [7, 11) is 1.61. The number of para-hydroxylation sites is 2. The van der Waals surface area contributed by atoms with Crippen molar-refractivity contribution in [3.05, 3.63) is 72.8 Å². The first-order valence-corrected chi connectivity index (χ1v) is 11.1. The lowest BCUT2D eigenvalue weighted by Gasteiger charge is -2.05. The average molecular weight is 458 g/mol. The molecule has 0 aliphatic rings. The molecular weight excluding hydrogens is 438 g/mol. The van der Waals surface area contributed by atoms with Gasteiger partial charge in [0.05, 0.1) is 23.9 Å². The van der Waals surface area contributed by atoms with Gasteiger partial charge in [0, 0.05) is 16.8 Å². The lowest BCUT2D eigenvalue weighted by Crippen LogP contribution is -2.13. The maximum Gasteiger partial charge on any atom is 0.277 e. The number of fused-ring (bicyclic) bond motifs is 1. The quantitative estimate of drug-likeness (QED) is 0.331. The predicted molar refractivity (Wildman–Crippen MR) is 127 cm³/mol. The number of anilines is 1. The number of hydrogen-bond acceptors (Lipinski definition) is 7. The van der Waals surface area contributed by atoms with Gasteiger partial charge >= 0.3 is 0 Å². The summed E-state index contributed by atoms with van der Waals surface area (Å²) >= 11 is 1.18. The van der Waals surface area contributed by atoms with Crippen molar-refractivity contribution in [1.82, 2.24) is 20.2 Å². The van der Waals surface area contributed by atoms with Crippen LogP contribution in [0.5, 0.6) is 5.75 Å². The average Bonchev–Trinajstić information content (AvgIpc) is 3.51. The van der Waals surface area contributed by atoms with Crippen LogP contribution in [0.25, 0.3) is 33.9 Å². The maximum absolute atomic E-state index is 12.4. The van der Waals surface area contributed by atoms with Crippen LogP contribution in [0.15, 0.2) is 82.4 Å². The van der Waals surface area contributed by atoms with Crippen LogP contribution < -0.4 is 10.1 Å². The lowest BCUT2D eigenvalue weighted by molar-refractivity contribution is -0.113. The number of carbonyl (C=O) groups is 1. The molecule has 2 N–H and O–H groups in total.